The third-order valence-corrected chi connectivity index (χ3v) is 12.8. The highest BCUT2D eigenvalue weighted by molar-refractivity contribution is 7.47. The van der Waals surface area contributed by atoms with Gasteiger partial charge in [-0.15, -0.1) is 0 Å². The molecule has 0 saturated carbocycles. The molecule has 0 rings (SSSR count). The molecule has 0 aromatic heterocycles. The molecular formula is C51H102NO7P. The number of ether oxygens (including phenoxy) is 2. The molecule has 0 aliphatic rings. The van der Waals surface area contributed by atoms with Crippen molar-refractivity contribution in [3.8, 4) is 0 Å². The number of nitrogens with two attached hydrogens (primary N) is 1. The third kappa shape index (κ3) is 48.1. The molecule has 0 aliphatic heterocycles. The fourth-order valence-corrected chi connectivity index (χ4v) is 8.67. The molecule has 9 heteroatoms. The lowest BCUT2D eigenvalue weighted by Crippen LogP contribution is -2.27. The first-order valence-corrected chi connectivity index (χ1v) is 27.7. The molecular weight excluding hydrogens is 770 g/mol. The Labute approximate surface area is 373 Å². The van der Waals surface area contributed by atoms with Crippen molar-refractivity contribution in [1.29, 1.82) is 0 Å². The second-order valence-corrected chi connectivity index (χ2v) is 19.3. The quantitative estimate of drug-likeness (QED) is 0.0269. The first-order chi connectivity index (χ1) is 29.4. The number of hydrogen-bond acceptors (Lipinski definition) is 7. The van der Waals surface area contributed by atoms with E-state index in [0.29, 0.717) is 6.42 Å². The van der Waals surface area contributed by atoms with Crippen molar-refractivity contribution < 1.29 is 32.8 Å². The van der Waals surface area contributed by atoms with Crippen LogP contribution in [0.1, 0.15) is 277 Å². The average molecular weight is 872 g/mol. The number of unbranched alkanes of at least 4 members (excludes halogenated alkanes) is 38. The van der Waals surface area contributed by atoms with Crippen LogP contribution in [0.5, 0.6) is 0 Å². The van der Waals surface area contributed by atoms with Gasteiger partial charge in [0.05, 0.1) is 19.5 Å². The minimum atomic E-state index is -4.29. The van der Waals surface area contributed by atoms with Crippen LogP contribution in [0.4, 0.5) is 0 Å². The molecule has 0 bridgehead atoms. The van der Waals surface area contributed by atoms with Gasteiger partial charge < -0.3 is 20.1 Å². The van der Waals surface area contributed by atoms with Gasteiger partial charge in [-0.05, 0) is 25.3 Å². The summed E-state index contributed by atoms with van der Waals surface area (Å²) in [4.78, 5) is 22.6. The van der Waals surface area contributed by atoms with E-state index in [9.17, 15) is 14.3 Å². The normalized spacial score (nSPS) is 13.3. The molecule has 0 aliphatic carbocycles. The van der Waals surface area contributed by atoms with Crippen molar-refractivity contribution in [3.05, 3.63) is 12.3 Å². The number of phosphoric ester groups is 1. The van der Waals surface area contributed by atoms with Crippen LogP contribution in [0.3, 0.4) is 0 Å². The van der Waals surface area contributed by atoms with Crippen LogP contribution in [0, 0.1) is 0 Å². The molecule has 3 N–H and O–H groups in total. The summed E-state index contributed by atoms with van der Waals surface area (Å²) in [5.74, 6) is -0.344. The highest BCUT2D eigenvalue weighted by Gasteiger charge is 2.25. The van der Waals surface area contributed by atoms with E-state index in [1.54, 1.807) is 6.26 Å². The fraction of sp³-hybridized carbons (Fsp3) is 0.941. The number of carbonyl (C=O) groups is 1. The zero-order valence-electron chi connectivity index (χ0n) is 40.0. The molecule has 60 heavy (non-hydrogen) atoms. The fourth-order valence-electron chi connectivity index (χ4n) is 7.91. The second kappa shape index (κ2) is 49.1. The van der Waals surface area contributed by atoms with E-state index in [2.05, 4.69) is 13.8 Å². The maximum absolute atomic E-state index is 12.6. The first-order valence-electron chi connectivity index (χ1n) is 26.2. The number of allylic oxidation sites excluding steroid dienone is 1. The molecule has 1 unspecified atom stereocenters. The van der Waals surface area contributed by atoms with Gasteiger partial charge in [-0.2, -0.15) is 0 Å². The van der Waals surface area contributed by atoms with Crippen LogP contribution in [0.15, 0.2) is 12.3 Å². The summed E-state index contributed by atoms with van der Waals surface area (Å²) in [5, 5.41) is 0. The van der Waals surface area contributed by atoms with Crippen molar-refractivity contribution in [1.82, 2.24) is 0 Å². The largest absolute Gasteiger partial charge is 0.498 e. The SMILES string of the molecule is CCCCCCCCCCCCCCCCCC/C=C/OC[C@H](COP(=O)(O)OCCN)OC(=O)CCCCCCCCCCCCCCCCCCCCCCCCC. The van der Waals surface area contributed by atoms with E-state index in [4.69, 9.17) is 24.3 Å². The summed E-state index contributed by atoms with van der Waals surface area (Å²) in [6.07, 6.45) is 56.3. The summed E-state index contributed by atoms with van der Waals surface area (Å²) in [5.41, 5.74) is 5.38. The molecule has 0 saturated heterocycles. The van der Waals surface area contributed by atoms with Gasteiger partial charge >= 0.3 is 13.8 Å². The van der Waals surface area contributed by atoms with E-state index in [-0.39, 0.29) is 32.3 Å². The van der Waals surface area contributed by atoms with Gasteiger partial charge in [0.25, 0.3) is 0 Å². The highest BCUT2D eigenvalue weighted by atomic mass is 31.2. The predicted molar refractivity (Wildman–Crippen MR) is 256 cm³/mol. The Bertz CT molecular complexity index is 935. The van der Waals surface area contributed by atoms with E-state index in [1.807, 2.05) is 6.08 Å². The van der Waals surface area contributed by atoms with Crippen LogP contribution in [-0.4, -0.2) is 43.3 Å². The van der Waals surface area contributed by atoms with E-state index < -0.39 is 13.9 Å². The molecule has 2 atom stereocenters. The zero-order valence-corrected chi connectivity index (χ0v) is 40.9. The second-order valence-electron chi connectivity index (χ2n) is 17.8. The number of esters is 1. The molecule has 0 aromatic carbocycles. The Kier molecular flexibility index (Phi) is 48.3. The Balaban J connectivity index is 3.91. The van der Waals surface area contributed by atoms with Gasteiger partial charge in [0, 0.05) is 13.0 Å². The number of carbonyl (C=O) groups excluding carboxylic acids is 1. The van der Waals surface area contributed by atoms with E-state index in [1.165, 1.54) is 225 Å². The Morgan fingerprint density at radius 1 is 0.500 bits per heavy atom. The third-order valence-electron chi connectivity index (χ3n) is 11.8. The van der Waals surface area contributed by atoms with Gasteiger partial charge in [-0.25, -0.2) is 4.57 Å². The maximum Gasteiger partial charge on any atom is 0.472 e. The zero-order chi connectivity index (χ0) is 43.7. The van der Waals surface area contributed by atoms with Crippen LogP contribution < -0.4 is 5.73 Å². The smallest absolute Gasteiger partial charge is 0.472 e. The molecule has 0 fully saturated rings. The van der Waals surface area contributed by atoms with E-state index in [0.717, 1.165) is 32.1 Å². The molecule has 358 valence electrons. The Hall–Kier alpha value is -0.920. The Morgan fingerprint density at radius 2 is 0.833 bits per heavy atom. The standard InChI is InChI=1S/C51H102NO7P/c1-3-5-7-9-11-13-15-17-19-21-23-24-25-26-27-28-30-32-34-36-38-40-42-44-51(53)59-50(49-58-60(54,55)57-47-45-52)48-56-46-43-41-39-37-35-33-31-29-22-20-18-16-14-12-10-8-6-4-2/h43,46,50H,3-42,44-45,47-49,52H2,1-2H3,(H,54,55)/b46-43+/t50-/m1/s1. The van der Waals surface area contributed by atoms with Gasteiger partial charge in [-0.1, -0.05) is 251 Å². The van der Waals surface area contributed by atoms with Crippen LogP contribution in [0.2, 0.25) is 0 Å². The molecule has 8 nitrogen and oxygen atoms in total. The van der Waals surface area contributed by atoms with Crippen LogP contribution in [0.25, 0.3) is 0 Å². The number of rotatable bonds is 51. The lowest BCUT2D eigenvalue weighted by molar-refractivity contribution is -0.153. The lowest BCUT2D eigenvalue weighted by Gasteiger charge is -2.19. The highest BCUT2D eigenvalue weighted by Crippen LogP contribution is 2.43. The molecule has 0 spiro atoms. The van der Waals surface area contributed by atoms with Crippen molar-refractivity contribution in [2.75, 3.05) is 26.4 Å². The van der Waals surface area contributed by atoms with Crippen LogP contribution >= 0.6 is 7.82 Å². The number of hydrogen-bond donors (Lipinski definition) is 2. The maximum atomic E-state index is 12.6. The summed E-state index contributed by atoms with van der Waals surface area (Å²) in [6, 6.07) is 0. The van der Waals surface area contributed by atoms with Gasteiger partial charge in [0.15, 0.2) is 6.10 Å². The minimum absolute atomic E-state index is 0.0392. The monoisotopic (exact) mass is 872 g/mol. The summed E-state index contributed by atoms with van der Waals surface area (Å²) >= 11 is 0. The molecule has 0 amide bonds. The summed E-state index contributed by atoms with van der Waals surface area (Å²) in [6.45, 7) is 4.31. The number of phosphoric acid groups is 1. The first kappa shape index (κ1) is 59.1. The predicted octanol–water partition coefficient (Wildman–Crippen LogP) is 16.6. The van der Waals surface area contributed by atoms with E-state index >= 15 is 0 Å². The molecule has 0 heterocycles. The summed E-state index contributed by atoms with van der Waals surface area (Å²) < 4.78 is 33.4. The van der Waals surface area contributed by atoms with Crippen molar-refractivity contribution in [2.45, 2.75) is 283 Å². The van der Waals surface area contributed by atoms with Gasteiger partial charge in [0.2, 0.25) is 0 Å². The topological polar surface area (TPSA) is 117 Å². The van der Waals surface area contributed by atoms with Crippen molar-refractivity contribution in [2.24, 2.45) is 5.73 Å². The van der Waals surface area contributed by atoms with Crippen LogP contribution in [-0.2, 0) is 27.9 Å². The van der Waals surface area contributed by atoms with Crippen molar-refractivity contribution in [3.63, 3.8) is 0 Å². The Morgan fingerprint density at radius 3 is 1.18 bits per heavy atom. The summed E-state index contributed by atoms with van der Waals surface area (Å²) in [7, 11) is -4.29. The molecule has 0 radical (unpaired) electrons. The average Bonchev–Trinajstić information content (AvgIpc) is 3.24. The van der Waals surface area contributed by atoms with Gasteiger partial charge in [0.1, 0.15) is 6.61 Å². The van der Waals surface area contributed by atoms with Crippen molar-refractivity contribution >= 4 is 13.8 Å². The van der Waals surface area contributed by atoms with Gasteiger partial charge in [-0.3, -0.25) is 13.8 Å². The minimum Gasteiger partial charge on any atom is -0.498 e. The lowest BCUT2D eigenvalue weighted by atomic mass is 10.0. The molecule has 0 aromatic rings.